The van der Waals surface area contributed by atoms with Crippen molar-refractivity contribution in [3.8, 4) is 5.75 Å². The van der Waals surface area contributed by atoms with Crippen molar-refractivity contribution >= 4 is 29.9 Å². The Bertz CT molecular complexity index is 411. The molecular weight excluding hydrogens is 315 g/mol. The first-order chi connectivity index (χ1) is 9.55. The Hall–Kier alpha value is -1.01. The highest BCUT2D eigenvalue weighted by molar-refractivity contribution is 6.30. The number of hydrogen-bond acceptors (Lipinski definition) is 4. The monoisotopic (exact) mass is 336 g/mol. The summed E-state index contributed by atoms with van der Waals surface area (Å²) < 4.78 is 10.7. The van der Waals surface area contributed by atoms with Gasteiger partial charge in [0.05, 0.1) is 19.1 Å². The number of nitrogens with two attached hydrogens (primary N) is 1. The zero-order valence-electron chi connectivity index (χ0n) is 12.2. The quantitative estimate of drug-likeness (QED) is 0.761. The summed E-state index contributed by atoms with van der Waals surface area (Å²) in [6, 6.07) is 7.09. The fourth-order valence-electron chi connectivity index (χ4n) is 1.59. The molecule has 0 fully saturated rings. The van der Waals surface area contributed by atoms with Gasteiger partial charge in [-0.3, -0.25) is 4.79 Å². The standard InChI is InChI=1S/C14H21ClN2O3.ClH/c1-10(20-12-5-3-11(15)4-6-12)9-17-14(18)7-13(8-16)19-2;/h3-6,10,13H,7-9,16H2,1-2H3,(H,17,18);1H. The maximum Gasteiger partial charge on any atom is 0.222 e. The van der Waals surface area contributed by atoms with E-state index in [2.05, 4.69) is 5.32 Å². The van der Waals surface area contributed by atoms with E-state index in [1.165, 1.54) is 7.11 Å². The Balaban J connectivity index is 0.00000400. The second-order valence-electron chi connectivity index (χ2n) is 4.48. The summed E-state index contributed by atoms with van der Waals surface area (Å²) in [7, 11) is 1.54. The molecule has 1 amide bonds. The first-order valence-electron chi connectivity index (χ1n) is 6.47. The molecule has 0 saturated heterocycles. The van der Waals surface area contributed by atoms with Crippen LogP contribution < -0.4 is 15.8 Å². The number of amides is 1. The molecule has 0 bridgehead atoms. The van der Waals surface area contributed by atoms with Gasteiger partial charge in [0, 0.05) is 18.7 Å². The molecule has 0 aromatic heterocycles. The Labute approximate surface area is 136 Å². The lowest BCUT2D eigenvalue weighted by Crippen LogP contribution is -2.37. The largest absolute Gasteiger partial charge is 0.489 e. The number of benzene rings is 1. The summed E-state index contributed by atoms with van der Waals surface area (Å²) in [6.45, 7) is 2.62. The first-order valence-corrected chi connectivity index (χ1v) is 6.84. The average Bonchev–Trinajstić information content (AvgIpc) is 2.45. The van der Waals surface area contributed by atoms with Gasteiger partial charge in [-0.1, -0.05) is 11.6 Å². The second-order valence-corrected chi connectivity index (χ2v) is 4.92. The number of carbonyl (C=O) groups is 1. The minimum Gasteiger partial charge on any atom is -0.489 e. The van der Waals surface area contributed by atoms with Crippen LogP contribution in [0.3, 0.4) is 0 Å². The summed E-state index contributed by atoms with van der Waals surface area (Å²) in [5, 5.41) is 3.45. The van der Waals surface area contributed by atoms with E-state index >= 15 is 0 Å². The highest BCUT2D eigenvalue weighted by atomic mass is 35.5. The molecule has 1 aromatic rings. The maximum atomic E-state index is 11.7. The topological polar surface area (TPSA) is 73.6 Å². The molecule has 0 saturated carbocycles. The molecule has 5 nitrogen and oxygen atoms in total. The van der Waals surface area contributed by atoms with Crippen molar-refractivity contribution in [2.45, 2.75) is 25.6 Å². The summed E-state index contributed by atoms with van der Waals surface area (Å²) in [6.07, 6.45) is -0.137. The van der Waals surface area contributed by atoms with Crippen molar-refractivity contribution in [1.29, 1.82) is 0 Å². The van der Waals surface area contributed by atoms with Crippen LogP contribution in [0.4, 0.5) is 0 Å². The second kappa shape index (κ2) is 10.7. The van der Waals surface area contributed by atoms with E-state index in [9.17, 15) is 4.79 Å². The SMILES string of the molecule is COC(CN)CC(=O)NCC(C)Oc1ccc(Cl)cc1.Cl. The fourth-order valence-corrected chi connectivity index (χ4v) is 1.71. The van der Waals surface area contributed by atoms with Gasteiger partial charge in [-0.15, -0.1) is 12.4 Å². The van der Waals surface area contributed by atoms with Crippen molar-refractivity contribution in [2.24, 2.45) is 5.73 Å². The van der Waals surface area contributed by atoms with E-state index in [1.807, 2.05) is 6.92 Å². The van der Waals surface area contributed by atoms with Gasteiger partial charge in [-0.2, -0.15) is 0 Å². The lowest BCUT2D eigenvalue weighted by atomic mass is 10.2. The fraction of sp³-hybridized carbons (Fsp3) is 0.500. The predicted octanol–water partition coefficient (Wildman–Crippen LogP) is 2.01. The maximum absolute atomic E-state index is 11.7. The number of carbonyl (C=O) groups excluding carboxylic acids is 1. The highest BCUT2D eigenvalue weighted by Gasteiger charge is 2.12. The molecule has 7 heteroatoms. The molecule has 3 N–H and O–H groups in total. The van der Waals surface area contributed by atoms with E-state index in [0.29, 0.717) is 23.9 Å². The molecule has 1 rings (SSSR count). The van der Waals surface area contributed by atoms with Gasteiger partial charge in [0.25, 0.3) is 0 Å². The average molecular weight is 337 g/mol. The van der Waals surface area contributed by atoms with Crippen LogP contribution in [0.25, 0.3) is 0 Å². The predicted molar refractivity (Wildman–Crippen MR) is 86.3 cm³/mol. The highest BCUT2D eigenvalue weighted by Crippen LogP contribution is 2.16. The van der Waals surface area contributed by atoms with E-state index < -0.39 is 0 Å². The van der Waals surface area contributed by atoms with E-state index in [4.69, 9.17) is 26.8 Å². The molecule has 21 heavy (non-hydrogen) atoms. The van der Waals surface area contributed by atoms with Crippen LogP contribution in [-0.4, -0.2) is 38.3 Å². The van der Waals surface area contributed by atoms with Gasteiger partial charge in [-0.05, 0) is 31.2 Å². The van der Waals surface area contributed by atoms with Crippen LogP contribution in [-0.2, 0) is 9.53 Å². The molecule has 0 aliphatic rings. The van der Waals surface area contributed by atoms with Crippen molar-refractivity contribution in [2.75, 3.05) is 20.2 Å². The smallest absolute Gasteiger partial charge is 0.222 e. The Morgan fingerprint density at radius 2 is 2.00 bits per heavy atom. The van der Waals surface area contributed by atoms with Gasteiger partial charge < -0.3 is 20.5 Å². The summed E-state index contributed by atoms with van der Waals surface area (Å²) in [5.41, 5.74) is 5.46. The summed E-state index contributed by atoms with van der Waals surface area (Å²) >= 11 is 5.79. The van der Waals surface area contributed by atoms with Crippen LogP contribution in [0.5, 0.6) is 5.75 Å². The van der Waals surface area contributed by atoms with Crippen molar-refractivity contribution in [3.05, 3.63) is 29.3 Å². The zero-order valence-corrected chi connectivity index (χ0v) is 13.7. The first kappa shape index (κ1) is 20.0. The molecular formula is C14H22Cl2N2O3. The third-order valence-corrected chi connectivity index (χ3v) is 3.00. The molecule has 120 valence electrons. The number of halogens is 2. The Kier molecular flexibility index (Phi) is 10.2. The van der Waals surface area contributed by atoms with Gasteiger partial charge in [0.1, 0.15) is 11.9 Å². The van der Waals surface area contributed by atoms with Crippen LogP contribution in [0.2, 0.25) is 5.02 Å². The number of hydrogen-bond donors (Lipinski definition) is 2. The number of nitrogens with one attached hydrogen (secondary N) is 1. The summed E-state index contributed by atoms with van der Waals surface area (Å²) in [5.74, 6) is 0.613. The Morgan fingerprint density at radius 3 is 2.52 bits per heavy atom. The third-order valence-electron chi connectivity index (χ3n) is 2.75. The number of rotatable bonds is 8. The number of ether oxygens (including phenoxy) is 2. The van der Waals surface area contributed by atoms with Crippen LogP contribution >= 0.6 is 24.0 Å². The minimum atomic E-state index is -0.248. The lowest BCUT2D eigenvalue weighted by molar-refractivity contribution is -0.123. The Morgan fingerprint density at radius 1 is 1.38 bits per heavy atom. The van der Waals surface area contributed by atoms with E-state index in [0.717, 1.165) is 0 Å². The molecule has 0 aliphatic carbocycles. The third kappa shape index (κ3) is 8.12. The van der Waals surface area contributed by atoms with Crippen LogP contribution in [0.15, 0.2) is 24.3 Å². The molecule has 0 radical (unpaired) electrons. The van der Waals surface area contributed by atoms with Crippen molar-refractivity contribution in [1.82, 2.24) is 5.32 Å². The molecule has 0 aliphatic heterocycles. The molecule has 0 spiro atoms. The lowest BCUT2D eigenvalue weighted by Gasteiger charge is -2.17. The van der Waals surface area contributed by atoms with E-state index in [-0.39, 0.29) is 36.9 Å². The normalized spacial score (nSPS) is 13.0. The zero-order chi connectivity index (χ0) is 15.0. The molecule has 2 unspecified atom stereocenters. The van der Waals surface area contributed by atoms with Crippen molar-refractivity contribution < 1.29 is 14.3 Å². The van der Waals surface area contributed by atoms with Crippen molar-refractivity contribution in [3.63, 3.8) is 0 Å². The van der Waals surface area contributed by atoms with Gasteiger partial charge in [0.15, 0.2) is 0 Å². The van der Waals surface area contributed by atoms with Gasteiger partial charge in [-0.25, -0.2) is 0 Å². The van der Waals surface area contributed by atoms with E-state index in [1.54, 1.807) is 24.3 Å². The summed E-state index contributed by atoms with van der Waals surface area (Å²) in [4.78, 5) is 11.7. The molecule has 2 atom stereocenters. The van der Waals surface area contributed by atoms with Crippen LogP contribution in [0, 0.1) is 0 Å². The molecule has 0 heterocycles. The van der Waals surface area contributed by atoms with Gasteiger partial charge >= 0.3 is 0 Å². The van der Waals surface area contributed by atoms with Crippen LogP contribution in [0.1, 0.15) is 13.3 Å². The van der Waals surface area contributed by atoms with Gasteiger partial charge in [0.2, 0.25) is 5.91 Å². The minimum absolute atomic E-state index is 0. The molecule has 1 aromatic carbocycles. The number of methoxy groups -OCH3 is 1.